The monoisotopic (exact) mass is 379 g/mol. The maximum Gasteiger partial charge on any atom is 0.260 e. The van der Waals surface area contributed by atoms with Gasteiger partial charge >= 0.3 is 0 Å². The Morgan fingerprint density at radius 3 is 2.61 bits per heavy atom. The first-order chi connectivity index (χ1) is 13.4. The zero-order chi connectivity index (χ0) is 20.3. The van der Waals surface area contributed by atoms with Gasteiger partial charge in [0.2, 0.25) is 5.91 Å². The maximum absolute atomic E-state index is 12.2. The summed E-state index contributed by atoms with van der Waals surface area (Å²) in [6.07, 6.45) is 1.88. The summed E-state index contributed by atoms with van der Waals surface area (Å²) < 4.78 is 0. The van der Waals surface area contributed by atoms with Gasteiger partial charge in [-0.05, 0) is 30.7 Å². The Labute approximate surface area is 162 Å². The van der Waals surface area contributed by atoms with Crippen LogP contribution >= 0.6 is 0 Å². The number of fused-ring (bicyclic) bond motifs is 1. The topological polar surface area (TPSA) is 108 Å². The average Bonchev–Trinajstić information content (AvgIpc) is 2.66. The lowest BCUT2D eigenvalue weighted by molar-refractivity contribution is -0.116. The number of hydrogen-bond acceptors (Lipinski definition) is 5. The van der Waals surface area contributed by atoms with Gasteiger partial charge in [0.25, 0.3) is 11.8 Å². The van der Waals surface area contributed by atoms with Crippen LogP contribution in [-0.4, -0.2) is 22.8 Å². The molecule has 0 spiro atoms. The zero-order valence-electron chi connectivity index (χ0n) is 15.6. The van der Waals surface area contributed by atoms with Gasteiger partial charge in [0.15, 0.2) is 0 Å². The van der Waals surface area contributed by atoms with Crippen LogP contribution in [0.1, 0.15) is 40.4 Å². The number of aryl methyl sites for hydroxylation is 1. The molecule has 4 N–H and O–H groups in total. The molecule has 0 unspecified atom stereocenters. The largest absolute Gasteiger partial charge is 0.506 e. The molecular formula is C21H21N3O4. The van der Waals surface area contributed by atoms with E-state index in [1.807, 2.05) is 13.0 Å². The third-order valence-electron chi connectivity index (χ3n) is 4.39. The molecule has 2 aromatic rings. The predicted octanol–water partition coefficient (Wildman–Crippen LogP) is 2.45. The van der Waals surface area contributed by atoms with Gasteiger partial charge in [-0.25, -0.2) is 0 Å². The molecule has 0 atom stereocenters. The van der Waals surface area contributed by atoms with Crippen LogP contribution in [0.3, 0.4) is 0 Å². The van der Waals surface area contributed by atoms with Crippen LogP contribution in [0, 0.1) is 6.92 Å². The van der Waals surface area contributed by atoms with Crippen LogP contribution in [0.5, 0.6) is 5.75 Å². The van der Waals surface area contributed by atoms with Crippen molar-refractivity contribution in [3.8, 4) is 5.75 Å². The summed E-state index contributed by atoms with van der Waals surface area (Å²) in [6.45, 7) is 3.97. The highest BCUT2D eigenvalue weighted by Crippen LogP contribution is 2.26. The molecule has 3 amide bonds. The SMILES string of the molecule is CCC(=O)Nc1ccc(CN/C=C2\C(=O)NC(=O)c3ccc(C)cc32)cc1O. The maximum atomic E-state index is 12.2. The number of phenols is 1. The lowest BCUT2D eigenvalue weighted by atomic mass is 9.94. The number of amides is 3. The lowest BCUT2D eigenvalue weighted by Crippen LogP contribution is -2.37. The zero-order valence-corrected chi connectivity index (χ0v) is 15.6. The number of phenolic OH excluding ortho intramolecular Hbond substituents is 1. The minimum atomic E-state index is -0.462. The molecule has 1 aliphatic heterocycles. The van der Waals surface area contributed by atoms with E-state index in [1.165, 1.54) is 0 Å². The summed E-state index contributed by atoms with van der Waals surface area (Å²) in [4.78, 5) is 35.6. The molecule has 0 bridgehead atoms. The number of anilines is 1. The number of rotatable bonds is 5. The summed E-state index contributed by atoms with van der Waals surface area (Å²) in [5, 5.41) is 18.0. The number of carbonyl (C=O) groups excluding carboxylic acids is 3. The van der Waals surface area contributed by atoms with Crippen LogP contribution in [0.4, 0.5) is 5.69 Å². The fourth-order valence-electron chi connectivity index (χ4n) is 2.88. The highest BCUT2D eigenvalue weighted by molar-refractivity contribution is 6.31. The number of hydrogen-bond donors (Lipinski definition) is 4. The van der Waals surface area contributed by atoms with Crippen molar-refractivity contribution in [2.24, 2.45) is 0 Å². The van der Waals surface area contributed by atoms with Crippen LogP contribution in [-0.2, 0) is 16.1 Å². The van der Waals surface area contributed by atoms with E-state index in [1.54, 1.807) is 43.5 Å². The Bertz CT molecular complexity index is 995. The minimum Gasteiger partial charge on any atom is -0.506 e. The van der Waals surface area contributed by atoms with Gasteiger partial charge in [0.05, 0.1) is 11.3 Å². The Balaban J connectivity index is 1.76. The van der Waals surface area contributed by atoms with Gasteiger partial charge in [-0.15, -0.1) is 0 Å². The molecule has 0 saturated carbocycles. The molecule has 7 heteroatoms. The molecule has 0 radical (unpaired) electrons. The van der Waals surface area contributed by atoms with E-state index in [4.69, 9.17) is 0 Å². The van der Waals surface area contributed by atoms with Crippen molar-refractivity contribution < 1.29 is 19.5 Å². The van der Waals surface area contributed by atoms with E-state index >= 15 is 0 Å². The lowest BCUT2D eigenvalue weighted by Gasteiger charge is -2.19. The highest BCUT2D eigenvalue weighted by atomic mass is 16.3. The number of carbonyl (C=O) groups is 3. The van der Waals surface area contributed by atoms with E-state index in [0.29, 0.717) is 35.4 Å². The summed E-state index contributed by atoms with van der Waals surface area (Å²) in [5.74, 6) is -1.09. The Morgan fingerprint density at radius 2 is 1.89 bits per heavy atom. The minimum absolute atomic E-state index is 0.0317. The van der Waals surface area contributed by atoms with E-state index in [0.717, 1.165) is 11.1 Å². The number of imide groups is 1. The van der Waals surface area contributed by atoms with Gasteiger partial charge in [-0.2, -0.15) is 0 Å². The Kier molecular flexibility index (Phi) is 5.44. The molecule has 0 aromatic heterocycles. The predicted molar refractivity (Wildman–Crippen MR) is 105 cm³/mol. The molecule has 144 valence electrons. The van der Waals surface area contributed by atoms with Crippen molar-refractivity contribution in [2.45, 2.75) is 26.8 Å². The second kappa shape index (κ2) is 7.96. The molecule has 1 aliphatic rings. The van der Waals surface area contributed by atoms with E-state index in [-0.39, 0.29) is 11.7 Å². The molecule has 7 nitrogen and oxygen atoms in total. The van der Waals surface area contributed by atoms with Crippen LogP contribution in [0.15, 0.2) is 42.6 Å². The average molecular weight is 379 g/mol. The summed E-state index contributed by atoms with van der Waals surface area (Å²) in [5.41, 5.74) is 3.47. The van der Waals surface area contributed by atoms with Gasteiger partial charge < -0.3 is 15.7 Å². The quantitative estimate of drug-likeness (QED) is 0.363. The number of nitrogens with one attached hydrogen (secondary N) is 3. The highest BCUT2D eigenvalue weighted by Gasteiger charge is 2.27. The number of aromatic hydroxyl groups is 1. The standard InChI is InChI=1S/C21H21N3O4/c1-3-19(26)23-17-7-5-13(9-18(17)25)10-22-11-16-15-8-12(2)4-6-14(15)20(27)24-21(16)28/h4-9,11,22,25H,3,10H2,1-2H3,(H,23,26)(H,24,27,28)/b16-11-. The molecular weight excluding hydrogens is 358 g/mol. The first-order valence-corrected chi connectivity index (χ1v) is 8.91. The molecule has 28 heavy (non-hydrogen) atoms. The summed E-state index contributed by atoms with van der Waals surface area (Å²) >= 11 is 0. The van der Waals surface area contributed by atoms with Gasteiger partial charge in [-0.3, -0.25) is 19.7 Å². The first kappa shape index (κ1) is 19.2. The van der Waals surface area contributed by atoms with Crippen molar-refractivity contribution in [2.75, 3.05) is 5.32 Å². The fourth-order valence-corrected chi connectivity index (χ4v) is 2.88. The fraction of sp³-hybridized carbons (Fsp3) is 0.190. The molecule has 3 rings (SSSR count). The molecule has 0 saturated heterocycles. The van der Waals surface area contributed by atoms with Gasteiger partial charge in [0, 0.05) is 30.3 Å². The van der Waals surface area contributed by atoms with Crippen LogP contribution < -0.4 is 16.0 Å². The van der Waals surface area contributed by atoms with Crippen LogP contribution in [0.2, 0.25) is 0 Å². The van der Waals surface area contributed by atoms with E-state index in [9.17, 15) is 19.5 Å². The summed E-state index contributed by atoms with van der Waals surface area (Å²) in [6, 6.07) is 10.2. The second-order valence-electron chi connectivity index (χ2n) is 6.52. The smallest absolute Gasteiger partial charge is 0.260 e. The van der Waals surface area contributed by atoms with Gasteiger partial charge in [-0.1, -0.05) is 30.7 Å². The third-order valence-corrected chi connectivity index (χ3v) is 4.39. The van der Waals surface area contributed by atoms with Crippen molar-refractivity contribution in [1.82, 2.24) is 10.6 Å². The molecule has 1 heterocycles. The van der Waals surface area contributed by atoms with Crippen LogP contribution in [0.25, 0.3) is 5.57 Å². The summed E-state index contributed by atoms with van der Waals surface area (Å²) in [7, 11) is 0. The van der Waals surface area contributed by atoms with Gasteiger partial charge in [0.1, 0.15) is 5.75 Å². The van der Waals surface area contributed by atoms with Crippen molar-refractivity contribution in [1.29, 1.82) is 0 Å². The van der Waals surface area contributed by atoms with E-state index in [2.05, 4.69) is 16.0 Å². The van der Waals surface area contributed by atoms with Crippen molar-refractivity contribution in [3.63, 3.8) is 0 Å². The Morgan fingerprint density at radius 1 is 1.11 bits per heavy atom. The first-order valence-electron chi connectivity index (χ1n) is 8.91. The normalized spacial score (nSPS) is 14.4. The van der Waals surface area contributed by atoms with E-state index < -0.39 is 11.8 Å². The molecule has 0 aliphatic carbocycles. The second-order valence-corrected chi connectivity index (χ2v) is 6.52. The third kappa shape index (κ3) is 4.03. The Hall–Kier alpha value is -3.61. The molecule has 2 aromatic carbocycles. The van der Waals surface area contributed by atoms with Crippen molar-refractivity contribution in [3.05, 3.63) is 64.9 Å². The molecule has 0 fully saturated rings. The number of benzene rings is 2. The van der Waals surface area contributed by atoms with Crippen molar-refractivity contribution >= 4 is 29.0 Å².